The van der Waals surface area contributed by atoms with Gasteiger partial charge in [0.25, 0.3) is 0 Å². The predicted molar refractivity (Wildman–Crippen MR) is 52.8 cm³/mol. The fourth-order valence-electron chi connectivity index (χ4n) is 0.798. The molecule has 2 unspecified atom stereocenters. The summed E-state index contributed by atoms with van der Waals surface area (Å²) in [4.78, 5) is 0. The van der Waals surface area contributed by atoms with Gasteiger partial charge in [-0.15, -0.1) is 0 Å². The molecule has 0 rings (SSSR count). The standard InChI is InChI=1S/C8H22N4/c1-6(9)4-11-8(3)12-5-7(2)10/h6-8,11-12H,4-5,9-10H2,1-3H3. The first-order valence-corrected chi connectivity index (χ1v) is 4.50. The Morgan fingerprint density at radius 3 is 1.50 bits per heavy atom. The molecule has 0 aliphatic heterocycles. The third kappa shape index (κ3) is 7.94. The minimum Gasteiger partial charge on any atom is -0.327 e. The molecule has 0 aromatic carbocycles. The topological polar surface area (TPSA) is 76.1 Å². The van der Waals surface area contributed by atoms with Crippen molar-refractivity contribution >= 4 is 0 Å². The molecule has 2 atom stereocenters. The Morgan fingerprint density at radius 1 is 0.917 bits per heavy atom. The Morgan fingerprint density at radius 2 is 1.25 bits per heavy atom. The van der Waals surface area contributed by atoms with Crippen LogP contribution in [0.5, 0.6) is 0 Å². The van der Waals surface area contributed by atoms with Crippen LogP contribution in [0.2, 0.25) is 0 Å². The van der Waals surface area contributed by atoms with Crippen molar-refractivity contribution in [2.75, 3.05) is 13.1 Å². The Bertz CT molecular complexity index is 91.2. The first kappa shape index (κ1) is 11.8. The zero-order valence-electron chi connectivity index (χ0n) is 8.30. The molecule has 0 heterocycles. The summed E-state index contributed by atoms with van der Waals surface area (Å²) < 4.78 is 0. The normalized spacial score (nSPS) is 18.8. The minimum atomic E-state index is 0.199. The van der Waals surface area contributed by atoms with E-state index < -0.39 is 0 Å². The molecule has 0 saturated carbocycles. The van der Waals surface area contributed by atoms with Crippen molar-refractivity contribution in [3.05, 3.63) is 0 Å². The van der Waals surface area contributed by atoms with Crippen molar-refractivity contribution in [1.82, 2.24) is 10.6 Å². The SMILES string of the molecule is CC(N)CNC(C)NCC(C)N. The lowest BCUT2D eigenvalue weighted by Crippen LogP contribution is -2.47. The van der Waals surface area contributed by atoms with Crippen molar-refractivity contribution in [3.8, 4) is 0 Å². The van der Waals surface area contributed by atoms with Crippen LogP contribution in [0.3, 0.4) is 0 Å². The molecule has 0 aromatic heterocycles. The van der Waals surface area contributed by atoms with Crippen molar-refractivity contribution in [2.24, 2.45) is 11.5 Å². The molecule has 12 heavy (non-hydrogen) atoms. The summed E-state index contributed by atoms with van der Waals surface area (Å²) in [7, 11) is 0. The maximum atomic E-state index is 5.58. The van der Waals surface area contributed by atoms with E-state index in [2.05, 4.69) is 17.6 Å². The van der Waals surface area contributed by atoms with Crippen LogP contribution in [0.4, 0.5) is 0 Å². The second kappa shape index (κ2) is 6.37. The number of nitrogens with one attached hydrogen (secondary N) is 2. The summed E-state index contributed by atoms with van der Waals surface area (Å²) >= 11 is 0. The van der Waals surface area contributed by atoms with Crippen LogP contribution in [0.25, 0.3) is 0 Å². The monoisotopic (exact) mass is 174 g/mol. The summed E-state index contributed by atoms with van der Waals surface area (Å²) in [6.07, 6.45) is 0.280. The van der Waals surface area contributed by atoms with E-state index >= 15 is 0 Å². The summed E-state index contributed by atoms with van der Waals surface area (Å²) in [5, 5.41) is 6.49. The van der Waals surface area contributed by atoms with Crippen LogP contribution in [-0.4, -0.2) is 31.3 Å². The third-order valence-corrected chi connectivity index (χ3v) is 1.49. The second-order valence-electron chi connectivity index (χ2n) is 3.49. The van der Waals surface area contributed by atoms with Gasteiger partial charge in [-0.3, -0.25) is 0 Å². The van der Waals surface area contributed by atoms with Crippen molar-refractivity contribution in [2.45, 2.75) is 39.0 Å². The van der Waals surface area contributed by atoms with Crippen LogP contribution in [0, 0.1) is 0 Å². The Labute approximate surface area is 75.1 Å². The van der Waals surface area contributed by atoms with E-state index in [1.165, 1.54) is 0 Å². The van der Waals surface area contributed by atoms with E-state index in [9.17, 15) is 0 Å². The third-order valence-electron chi connectivity index (χ3n) is 1.49. The molecule has 0 spiro atoms. The van der Waals surface area contributed by atoms with Crippen molar-refractivity contribution < 1.29 is 0 Å². The van der Waals surface area contributed by atoms with E-state index in [0.717, 1.165) is 13.1 Å². The maximum Gasteiger partial charge on any atom is 0.0543 e. The highest BCUT2D eigenvalue weighted by molar-refractivity contribution is 4.65. The molecule has 0 bridgehead atoms. The molecule has 0 saturated heterocycles. The first-order chi connectivity index (χ1) is 5.52. The highest BCUT2D eigenvalue weighted by atomic mass is 15.1. The smallest absolute Gasteiger partial charge is 0.0543 e. The molecular weight excluding hydrogens is 152 g/mol. The number of hydrogen-bond donors (Lipinski definition) is 4. The van der Waals surface area contributed by atoms with Gasteiger partial charge in [-0.25, -0.2) is 0 Å². The summed E-state index contributed by atoms with van der Waals surface area (Å²) in [5.74, 6) is 0. The second-order valence-corrected chi connectivity index (χ2v) is 3.49. The maximum absolute atomic E-state index is 5.58. The lowest BCUT2D eigenvalue weighted by Gasteiger charge is -2.18. The van der Waals surface area contributed by atoms with Crippen LogP contribution in [0.15, 0.2) is 0 Å². The number of rotatable bonds is 6. The van der Waals surface area contributed by atoms with Gasteiger partial charge in [-0.2, -0.15) is 0 Å². The van der Waals surface area contributed by atoms with Gasteiger partial charge in [-0.1, -0.05) is 0 Å². The summed E-state index contributed by atoms with van der Waals surface area (Å²) in [5.41, 5.74) is 11.2. The van der Waals surface area contributed by atoms with Crippen LogP contribution in [-0.2, 0) is 0 Å². The van der Waals surface area contributed by atoms with Crippen molar-refractivity contribution in [1.29, 1.82) is 0 Å². The molecule has 0 fully saturated rings. The lowest BCUT2D eigenvalue weighted by molar-refractivity contribution is 0.428. The Kier molecular flexibility index (Phi) is 6.28. The number of hydrogen-bond acceptors (Lipinski definition) is 4. The predicted octanol–water partition coefficient (Wildman–Crippen LogP) is -0.794. The van der Waals surface area contributed by atoms with Gasteiger partial charge in [0.1, 0.15) is 0 Å². The van der Waals surface area contributed by atoms with Crippen LogP contribution >= 0.6 is 0 Å². The molecule has 74 valence electrons. The molecule has 0 aromatic rings. The largest absolute Gasteiger partial charge is 0.327 e. The molecular formula is C8H22N4. The fraction of sp³-hybridized carbons (Fsp3) is 1.00. The highest BCUT2D eigenvalue weighted by Gasteiger charge is 2.01. The van der Waals surface area contributed by atoms with Crippen LogP contribution in [0.1, 0.15) is 20.8 Å². The van der Waals surface area contributed by atoms with E-state index in [0.29, 0.717) is 0 Å². The van der Waals surface area contributed by atoms with E-state index in [1.54, 1.807) is 0 Å². The van der Waals surface area contributed by atoms with Gasteiger partial charge >= 0.3 is 0 Å². The first-order valence-electron chi connectivity index (χ1n) is 4.50. The van der Waals surface area contributed by atoms with Gasteiger partial charge in [-0.05, 0) is 20.8 Å². The summed E-state index contributed by atoms with van der Waals surface area (Å²) in [6.45, 7) is 7.67. The van der Waals surface area contributed by atoms with Gasteiger partial charge in [0.2, 0.25) is 0 Å². The van der Waals surface area contributed by atoms with Gasteiger partial charge in [0.05, 0.1) is 6.17 Å². The van der Waals surface area contributed by atoms with E-state index in [1.807, 2.05) is 13.8 Å². The van der Waals surface area contributed by atoms with E-state index in [4.69, 9.17) is 11.5 Å². The lowest BCUT2D eigenvalue weighted by atomic mass is 10.3. The molecule has 4 nitrogen and oxygen atoms in total. The Balaban J connectivity index is 3.27. The zero-order valence-corrected chi connectivity index (χ0v) is 8.30. The molecule has 0 aliphatic rings. The number of nitrogens with two attached hydrogens (primary N) is 2. The highest BCUT2D eigenvalue weighted by Crippen LogP contribution is 1.78. The quantitative estimate of drug-likeness (QED) is 0.398. The molecule has 0 aliphatic carbocycles. The minimum absolute atomic E-state index is 0.199. The Hall–Kier alpha value is -0.160. The molecule has 0 amide bonds. The average Bonchev–Trinajstić information content (AvgIpc) is 1.96. The van der Waals surface area contributed by atoms with Gasteiger partial charge in [0, 0.05) is 25.2 Å². The van der Waals surface area contributed by atoms with Crippen LogP contribution < -0.4 is 22.1 Å². The molecule has 4 heteroatoms. The fourth-order valence-corrected chi connectivity index (χ4v) is 0.798. The summed E-state index contributed by atoms with van der Waals surface area (Å²) in [6, 6.07) is 0.397. The zero-order chi connectivity index (χ0) is 9.56. The van der Waals surface area contributed by atoms with Gasteiger partial charge in [0.15, 0.2) is 0 Å². The molecule has 6 N–H and O–H groups in total. The molecule has 0 radical (unpaired) electrons. The van der Waals surface area contributed by atoms with Crippen molar-refractivity contribution in [3.63, 3.8) is 0 Å². The van der Waals surface area contributed by atoms with E-state index in [-0.39, 0.29) is 18.2 Å². The van der Waals surface area contributed by atoms with Gasteiger partial charge < -0.3 is 22.1 Å². The average molecular weight is 174 g/mol.